The Morgan fingerprint density at radius 1 is 1.02 bits per heavy atom. The van der Waals surface area contributed by atoms with Crippen molar-refractivity contribution in [2.75, 3.05) is 11.5 Å². The van der Waals surface area contributed by atoms with Crippen molar-refractivity contribution in [1.29, 1.82) is 0 Å². The molecule has 3 aromatic carbocycles. The van der Waals surface area contributed by atoms with E-state index in [0.717, 1.165) is 11.1 Å². The number of rotatable bonds is 4. The van der Waals surface area contributed by atoms with Crippen LogP contribution in [0.3, 0.4) is 0 Å². The number of ether oxygens (including phenoxy) is 1. The number of nitrogens with one attached hydrogen (secondary N) is 1. The predicted octanol–water partition coefficient (Wildman–Crippen LogP) is 7.91. The highest BCUT2D eigenvalue weighted by molar-refractivity contribution is 7.91. The Balaban J connectivity index is 1.35. The van der Waals surface area contributed by atoms with Gasteiger partial charge in [0.1, 0.15) is 11.6 Å². The van der Waals surface area contributed by atoms with Crippen LogP contribution in [0, 0.1) is 22.5 Å². The van der Waals surface area contributed by atoms with Gasteiger partial charge in [-0.25, -0.2) is 26.9 Å². The number of carboxylic acid groups (broad SMARTS) is 1. The van der Waals surface area contributed by atoms with Crippen LogP contribution in [0.15, 0.2) is 60.8 Å². The second kappa shape index (κ2) is 12.6. The van der Waals surface area contributed by atoms with Crippen molar-refractivity contribution in [3.05, 3.63) is 94.9 Å². The Kier molecular flexibility index (Phi) is 8.59. The highest BCUT2D eigenvalue weighted by Gasteiger charge is 2.50. The lowest BCUT2D eigenvalue weighted by atomic mass is 9.75. The molecule has 1 atom stereocenters. The van der Waals surface area contributed by atoms with Crippen LogP contribution in [-0.2, 0) is 39.9 Å². The summed E-state index contributed by atoms with van der Waals surface area (Å²) in [4.78, 5) is 19.9. The van der Waals surface area contributed by atoms with E-state index in [1.165, 1.54) is 28.9 Å². The molecule has 2 aliphatic rings. The summed E-state index contributed by atoms with van der Waals surface area (Å²) < 4.78 is 66.3. The van der Waals surface area contributed by atoms with Crippen LogP contribution in [0.2, 0.25) is 0 Å². The van der Waals surface area contributed by atoms with Gasteiger partial charge in [-0.3, -0.25) is 4.79 Å². The van der Waals surface area contributed by atoms with Gasteiger partial charge in [-0.1, -0.05) is 44.5 Å². The van der Waals surface area contributed by atoms with Crippen molar-refractivity contribution in [1.82, 2.24) is 19.7 Å². The number of aromatic nitrogens is 4. The van der Waals surface area contributed by atoms with Gasteiger partial charge in [-0.2, -0.15) is 5.10 Å². The third kappa shape index (κ3) is 6.78. The molecule has 0 amide bonds. The summed E-state index contributed by atoms with van der Waals surface area (Å²) in [5.41, 5.74) is 0.706. The van der Waals surface area contributed by atoms with E-state index in [-0.39, 0.29) is 40.8 Å². The molecule has 5 aromatic rings. The normalized spacial score (nSPS) is 21.2. The average Bonchev–Trinajstić information content (AvgIpc) is 3.51. The number of nitrogens with zero attached hydrogens (tertiary/aromatic N) is 3. The predicted molar refractivity (Wildman–Crippen MR) is 191 cm³/mol. The van der Waals surface area contributed by atoms with Crippen molar-refractivity contribution >= 4 is 26.7 Å². The lowest BCUT2D eigenvalue weighted by molar-refractivity contribution is -0.143. The molecule has 1 unspecified atom stereocenters. The summed E-state index contributed by atoms with van der Waals surface area (Å²) >= 11 is 0. The number of fused-ring (bicyclic) bond motifs is 8. The van der Waals surface area contributed by atoms with E-state index in [1.54, 1.807) is 19.3 Å². The van der Waals surface area contributed by atoms with Crippen LogP contribution in [0.25, 0.3) is 22.3 Å². The molecule has 7 rings (SSSR count). The van der Waals surface area contributed by atoms with Gasteiger partial charge < -0.3 is 14.8 Å². The molecule has 1 saturated carbocycles. The molecular formula is C39H42F2N4O5S. The number of carbonyl (C=O) groups is 1. The van der Waals surface area contributed by atoms with Crippen LogP contribution >= 0.6 is 0 Å². The van der Waals surface area contributed by atoms with Crippen molar-refractivity contribution in [2.45, 2.75) is 71.1 Å². The zero-order chi connectivity index (χ0) is 36.3. The van der Waals surface area contributed by atoms with Crippen LogP contribution in [0.5, 0.6) is 11.5 Å². The first-order chi connectivity index (χ1) is 24.1. The highest BCUT2D eigenvalue weighted by Crippen LogP contribution is 2.49. The molecule has 1 aliphatic heterocycles. The molecule has 4 bridgehead atoms. The Morgan fingerprint density at radius 2 is 1.80 bits per heavy atom. The number of aryl methyl sites for hydroxylation is 2. The van der Waals surface area contributed by atoms with Crippen molar-refractivity contribution in [3.8, 4) is 22.9 Å². The molecule has 2 N–H and O–H groups in total. The Labute approximate surface area is 296 Å². The molecule has 0 spiro atoms. The quantitative estimate of drug-likeness (QED) is 0.194. The molecule has 0 radical (unpaired) electrons. The maximum absolute atomic E-state index is 15.7. The maximum Gasteiger partial charge on any atom is 0.309 e. The zero-order valence-corrected chi connectivity index (χ0v) is 30.0. The first kappa shape index (κ1) is 34.9. The summed E-state index contributed by atoms with van der Waals surface area (Å²) in [5, 5.41) is 15.3. The molecule has 2 aromatic heterocycles. The third-order valence-electron chi connectivity index (χ3n) is 10.7. The largest absolute Gasteiger partial charge is 0.481 e. The fourth-order valence-corrected chi connectivity index (χ4v) is 9.62. The molecular weight excluding hydrogens is 675 g/mol. The van der Waals surface area contributed by atoms with E-state index < -0.39 is 43.7 Å². The highest BCUT2D eigenvalue weighted by atomic mass is 32.2. The van der Waals surface area contributed by atoms with E-state index >= 15 is 8.78 Å². The first-order valence-corrected chi connectivity index (χ1v) is 19.1. The molecule has 1 aliphatic carbocycles. The molecule has 0 saturated heterocycles. The Hall–Kier alpha value is -4.58. The summed E-state index contributed by atoms with van der Waals surface area (Å²) in [7, 11) is -1.91. The third-order valence-corrected chi connectivity index (χ3v) is 12.8. The van der Waals surface area contributed by atoms with Crippen molar-refractivity contribution < 1.29 is 31.8 Å². The van der Waals surface area contributed by atoms with E-state index in [4.69, 9.17) is 14.8 Å². The maximum atomic E-state index is 15.7. The molecule has 1 fully saturated rings. The number of halogens is 2. The van der Waals surface area contributed by atoms with Crippen LogP contribution in [0.4, 0.5) is 8.78 Å². The Bertz CT molecular complexity index is 2270. The van der Waals surface area contributed by atoms with E-state index in [2.05, 4.69) is 4.98 Å². The SMILES string of the molecule is Cn1nc2nc1-c1cc(ccc1F)Oc1c(F)cc3[nH]ccc3c1CCS(=O)(=O)CC(C)(C)CCCC2(C)c1cccc(CC2(C(=O)O)CC2)c1. The van der Waals surface area contributed by atoms with Gasteiger partial charge in [0.05, 0.1) is 27.9 Å². The lowest BCUT2D eigenvalue weighted by Crippen LogP contribution is -2.29. The summed E-state index contributed by atoms with van der Waals surface area (Å²) in [6.45, 7) is 5.90. The van der Waals surface area contributed by atoms with E-state index in [0.29, 0.717) is 60.8 Å². The second-order valence-corrected chi connectivity index (χ2v) is 17.6. The fraction of sp³-hybridized carbons (Fsp3) is 0.410. The number of hydrogen-bond acceptors (Lipinski definition) is 6. The minimum absolute atomic E-state index is 0.0259. The van der Waals surface area contributed by atoms with Crippen molar-refractivity contribution in [2.24, 2.45) is 17.9 Å². The number of sulfone groups is 1. The molecule has 268 valence electrons. The standard InChI is InChI=1S/C39H42F2N4O5S/c1-37(2)13-6-14-38(3,25-8-5-7-24(19-25)22-39(15-16-39)36(46)47)35-43-34(45(4)44-35)29-20-26(9-10-30(29)40)50-33-28(12-18-51(48,49)23-37)27-11-17-42-32(27)21-31(33)41/h5,7-11,17,19-21,42H,6,12-16,18,22-23H2,1-4H3,(H,46,47). The summed E-state index contributed by atoms with van der Waals surface area (Å²) in [5.74, 6) is -1.55. The molecule has 12 heteroatoms. The van der Waals surface area contributed by atoms with Gasteiger partial charge in [-0.05, 0) is 86.3 Å². The average molecular weight is 717 g/mol. The number of carboxylic acids is 1. The monoisotopic (exact) mass is 716 g/mol. The molecule has 9 nitrogen and oxygen atoms in total. The minimum atomic E-state index is -3.59. The van der Waals surface area contributed by atoms with Gasteiger partial charge in [0, 0.05) is 35.8 Å². The van der Waals surface area contributed by atoms with Gasteiger partial charge >= 0.3 is 5.97 Å². The first-order valence-electron chi connectivity index (χ1n) is 17.3. The van der Waals surface area contributed by atoms with Gasteiger partial charge in [0.15, 0.2) is 33.1 Å². The number of H-pyrrole nitrogens is 1. The number of hydrogen-bond donors (Lipinski definition) is 2. The fourth-order valence-electron chi connectivity index (χ4n) is 7.63. The van der Waals surface area contributed by atoms with Gasteiger partial charge in [0.2, 0.25) is 0 Å². The van der Waals surface area contributed by atoms with Crippen LogP contribution in [0.1, 0.15) is 75.4 Å². The Morgan fingerprint density at radius 3 is 2.55 bits per heavy atom. The summed E-state index contributed by atoms with van der Waals surface area (Å²) in [6.07, 6.45) is 5.14. The van der Waals surface area contributed by atoms with Crippen molar-refractivity contribution in [3.63, 3.8) is 0 Å². The van der Waals surface area contributed by atoms with Crippen LogP contribution < -0.4 is 4.74 Å². The lowest BCUT2D eigenvalue weighted by Gasteiger charge is -2.31. The van der Waals surface area contributed by atoms with Crippen LogP contribution in [-0.4, -0.2) is 50.7 Å². The smallest absolute Gasteiger partial charge is 0.309 e. The van der Waals surface area contributed by atoms with Gasteiger partial charge in [0.25, 0.3) is 0 Å². The zero-order valence-electron chi connectivity index (χ0n) is 29.2. The number of aliphatic carboxylic acids is 1. The number of aromatic amines is 1. The minimum Gasteiger partial charge on any atom is -0.481 e. The second-order valence-electron chi connectivity index (χ2n) is 15.4. The molecule has 3 heterocycles. The topological polar surface area (TPSA) is 127 Å². The van der Waals surface area contributed by atoms with Gasteiger partial charge in [-0.15, -0.1) is 0 Å². The van der Waals surface area contributed by atoms with E-state index in [9.17, 15) is 18.3 Å². The molecule has 51 heavy (non-hydrogen) atoms. The number of benzene rings is 3. The summed E-state index contributed by atoms with van der Waals surface area (Å²) in [6, 6.07) is 15.0. The van der Waals surface area contributed by atoms with E-state index in [1.807, 2.05) is 45.0 Å².